The first kappa shape index (κ1) is 15.7. The third-order valence-electron chi connectivity index (χ3n) is 2.93. The zero-order valence-corrected chi connectivity index (χ0v) is 12.6. The molecule has 0 atom stereocenters. The van der Waals surface area contributed by atoms with Crippen LogP contribution in [0.1, 0.15) is 36.7 Å². The first-order valence-electron chi connectivity index (χ1n) is 6.20. The molecule has 0 aliphatic heterocycles. The van der Waals surface area contributed by atoms with Gasteiger partial charge in [-0.1, -0.05) is 0 Å². The molecule has 0 saturated heterocycles. The molecule has 0 amide bonds. The maximum absolute atomic E-state index is 11.6. The van der Waals surface area contributed by atoms with Crippen LogP contribution in [-0.4, -0.2) is 31.8 Å². The molecule has 19 heavy (non-hydrogen) atoms. The smallest absolute Gasteiger partial charge is 0.159 e. The fourth-order valence-electron chi connectivity index (χ4n) is 1.53. The first-order valence-corrected chi connectivity index (χ1v) is 7.91. The van der Waals surface area contributed by atoms with Gasteiger partial charge in [-0.2, -0.15) is 0 Å². The zero-order chi connectivity index (χ0) is 14.6. The standard InChI is InChI=1S/C14H20O4S/c1-10(2)19(16,17)8-7-18-14-6-5-13(12(4)15)9-11(14)3/h5-6,9-10H,7-8H2,1-4H3. The molecule has 1 aromatic carbocycles. The highest BCUT2D eigenvalue weighted by atomic mass is 32.2. The van der Waals surface area contributed by atoms with Crippen LogP contribution in [0, 0.1) is 6.92 Å². The Morgan fingerprint density at radius 1 is 1.32 bits per heavy atom. The van der Waals surface area contributed by atoms with Crippen LogP contribution < -0.4 is 4.74 Å². The molecular weight excluding hydrogens is 264 g/mol. The van der Waals surface area contributed by atoms with E-state index in [2.05, 4.69) is 0 Å². The van der Waals surface area contributed by atoms with Crippen molar-refractivity contribution in [3.8, 4) is 5.75 Å². The predicted octanol–water partition coefficient (Wildman–Crippen LogP) is 2.40. The number of aryl methyl sites for hydroxylation is 1. The first-order chi connectivity index (χ1) is 8.74. The fraction of sp³-hybridized carbons (Fsp3) is 0.500. The van der Waals surface area contributed by atoms with Gasteiger partial charge in [0.05, 0.1) is 11.0 Å². The summed E-state index contributed by atoms with van der Waals surface area (Å²) in [6, 6.07) is 5.13. The Morgan fingerprint density at radius 2 is 1.95 bits per heavy atom. The Balaban J connectivity index is 2.67. The number of ketones is 1. The van der Waals surface area contributed by atoms with Crippen molar-refractivity contribution in [3.63, 3.8) is 0 Å². The zero-order valence-electron chi connectivity index (χ0n) is 11.8. The molecule has 106 valence electrons. The highest BCUT2D eigenvalue weighted by Gasteiger charge is 2.16. The molecule has 0 saturated carbocycles. The van der Waals surface area contributed by atoms with Crippen LogP contribution in [0.25, 0.3) is 0 Å². The fourth-order valence-corrected chi connectivity index (χ4v) is 2.32. The van der Waals surface area contributed by atoms with Gasteiger partial charge in [0.2, 0.25) is 0 Å². The Bertz CT molecular complexity index is 559. The second kappa shape index (κ2) is 6.19. The van der Waals surface area contributed by atoms with Gasteiger partial charge in [-0.05, 0) is 51.5 Å². The van der Waals surface area contributed by atoms with E-state index in [1.54, 1.807) is 32.0 Å². The number of hydrogen-bond donors (Lipinski definition) is 0. The molecule has 0 heterocycles. The topological polar surface area (TPSA) is 60.4 Å². The summed E-state index contributed by atoms with van der Waals surface area (Å²) in [6.45, 7) is 6.77. The summed E-state index contributed by atoms with van der Waals surface area (Å²) in [7, 11) is -3.08. The lowest BCUT2D eigenvalue weighted by Crippen LogP contribution is -2.22. The molecule has 0 N–H and O–H groups in total. The van der Waals surface area contributed by atoms with Crippen molar-refractivity contribution in [1.82, 2.24) is 0 Å². The van der Waals surface area contributed by atoms with Crippen molar-refractivity contribution in [1.29, 1.82) is 0 Å². The van der Waals surface area contributed by atoms with Crippen LogP contribution in [0.2, 0.25) is 0 Å². The normalized spacial score (nSPS) is 11.6. The lowest BCUT2D eigenvalue weighted by molar-refractivity contribution is 0.101. The second-order valence-corrected chi connectivity index (χ2v) is 7.48. The minimum atomic E-state index is -3.08. The van der Waals surface area contributed by atoms with Crippen LogP contribution in [0.4, 0.5) is 0 Å². The summed E-state index contributed by atoms with van der Waals surface area (Å²) in [6.07, 6.45) is 0. The van der Waals surface area contributed by atoms with Gasteiger partial charge in [0.25, 0.3) is 0 Å². The largest absolute Gasteiger partial charge is 0.492 e. The quantitative estimate of drug-likeness (QED) is 0.753. The van der Waals surface area contributed by atoms with E-state index in [1.165, 1.54) is 6.92 Å². The Labute approximate surface area is 114 Å². The van der Waals surface area contributed by atoms with Crippen molar-refractivity contribution < 1.29 is 17.9 Å². The van der Waals surface area contributed by atoms with Crippen LogP contribution in [-0.2, 0) is 9.84 Å². The average molecular weight is 284 g/mol. The third kappa shape index (κ3) is 4.35. The molecular formula is C14H20O4S. The van der Waals surface area contributed by atoms with E-state index >= 15 is 0 Å². The minimum absolute atomic E-state index is 0.00142. The summed E-state index contributed by atoms with van der Waals surface area (Å²) in [4.78, 5) is 11.2. The van der Waals surface area contributed by atoms with Gasteiger partial charge in [0.1, 0.15) is 12.4 Å². The van der Waals surface area contributed by atoms with Crippen molar-refractivity contribution in [2.24, 2.45) is 0 Å². The number of Topliss-reactive ketones (excluding diaryl/α,β-unsaturated/α-hetero) is 1. The minimum Gasteiger partial charge on any atom is -0.492 e. The Morgan fingerprint density at radius 3 is 2.42 bits per heavy atom. The number of carbonyl (C=O) groups excluding carboxylic acids is 1. The van der Waals surface area contributed by atoms with Gasteiger partial charge in [-0.25, -0.2) is 8.42 Å². The van der Waals surface area contributed by atoms with E-state index in [0.29, 0.717) is 11.3 Å². The molecule has 1 aromatic rings. The highest BCUT2D eigenvalue weighted by molar-refractivity contribution is 7.91. The molecule has 0 spiro atoms. The number of rotatable bonds is 6. The van der Waals surface area contributed by atoms with Crippen molar-refractivity contribution in [2.75, 3.05) is 12.4 Å². The molecule has 0 aromatic heterocycles. The maximum atomic E-state index is 11.6. The molecule has 5 heteroatoms. The van der Waals surface area contributed by atoms with Crippen molar-refractivity contribution >= 4 is 15.6 Å². The van der Waals surface area contributed by atoms with Gasteiger partial charge in [-0.15, -0.1) is 0 Å². The van der Waals surface area contributed by atoms with E-state index in [-0.39, 0.29) is 18.1 Å². The summed E-state index contributed by atoms with van der Waals surface area (Å²) in [5.41, 5.74) is 1.45. The highest BCUT2D eigenvalue weighted by Crippen LogP contribution is 2.19. The van der Waals surface area contributed by atoms with Gasteiger partial charge in [0.15, 0.2) is 15.6 Å². The molecule has 4 nitrogen and oxygen atoms in total. The lowest BCUT2D eigenvalue weighted by atomic mass is 10.1. The molecule has 0 aliphatic rings. The number of ether oxygens (including phenoxy) is 1. The van der Waals surface area contributed by atoms with E-state index < -0.39 is 15.1 Å². The number of benzene rings is 1. The molecule has 0 aliphatic carbocycles. The van der Waals surface area contributed by atoms with Crippen molar-refractivity contribution in [3.05, 3.63) is 29.3 Å². The number of carbonyl (C=O) groups is 1. The van der Waals surface area contributed by atoms with Crippen LogP contribution in [0.3, 0.4) is 0 Å². The van der Waals surface area contributed by atoms with E-state index in [4.69, 9.17) is 4.74 Å². The van der Waals surface area contributed by atoms with Crippen LogP contribution in [0.15, 0.2) is 18.2 Å². The lowest BCUT2D eigenvalue weighted by Gasteiger charge is -2.11. The summed E-state index contributed by atoms with van der Waals surface area (Å²) in [5.74, 6) is 0.611. The number of sulfone groups is 1. The average Bonchev–Trinajstić information content (AvgIpc) is 2.30. The maximum Gasteiger partial charge on any atom is 0.159 e. The number of hydrogen-bond acceptors (Lipinski definition) is 4. The SMILES string of the molecule is CC(=O)c1ccc(OCCS(=O)(=O)C(C)C)c(C)c1. The van der Waals surface area contributed by atoms with Crippen LogP contribution >= 0.6 is 0 Å². The molecule has 0 unspecified atom stereocenters. The Hall–Kier alpha value is -1.36. The van der Waals surface area contributed by atoms with Crippen LogP contribution in [0.5, 0.6) is 5.75 Å². The second-order valence-electron chi connectivity index (χ2n) is 4.80. The molecule has 0 radical (unpaired) electrons. The summed E-state index contributed by atoms with van der Waals surface area (Å²) in [5, 5.41) is -0.391. The van der Waals surface area contributed by atoms with Gasteiger partial charge in [-0.3, -0.25) is 4.79 Å². The molecule has 0 fully saturated rings. The summed E-state index contributed by atoms with van der Waals surface area (Å²) >= 11 is 0. The monoisotopic (exact) mass is 284 g/mol. The summed E-state index contributed by atoms with van der Waals surface area (Å²) < 4.78 is 28.7. The predicted molar refractivity (Wildman–Crippen MR) is 75.6 cm³/mol. The van der Waals surface area contributed by atoms with Gasteiger partial charge >= 0.3 is 0 Å². The molecule has 1 rings (SSSR count). The van der Waals surface area contributed by atoms with Crippen molar-refractivity contribution in [2.45, 2.75) is 32.9 Å². The van der Waals surface area contributed by atoms with Gasteiger partial charge < -0.3 is 4.74 Å². The van der Waals surface area contributed by atoms with E-state index in [9.17, 15) is 13.2 Å². The third-order valence-corrected chi connectivity index (χ3v) is 5.10. The van der Waals surface area contributed by atoms with E-state index in [1.807, 2.05) is 6.92 Å². The van der Waals surface area contributed by atoms with Gasteiger partial charge in [0, 0.05) is 5.56 Å². The van der Waals surface area contributed by atoms with E-state index in [0.717, 1.165) is 5.56 Å². The Kier molecular flexibility index (Phi) is 5.11. The molecule has 0 bridgehead atoms.